The van der Waals surface area contributed by atoms with E-state index in [9.17, 15) is 14.7 Å². The number of carboxylic acids is 1. The second kappa shape index (κ2) is 9.39. The fourth-order valence-corrected chi connectivity index (χ4v) is 4.53. The van der Waals surface area contributed by atoms with Crippen molar-refractivity contribution in [2.24, 2.45) is 0 Å². The molecule has 0 unspecified atom stereocenters. The minimum absolute atomic E-state index is 0.0123. The smallest absolute Gasteiger partial charge is 0.347 e. The molecule has 8 heteroatoms. The molecule has 1 aliphatic heterocycles. The standard InChI is InChI=1S/C20H23ClN2O4S/c1-2-3-10-17(24)23-11-6-8-15(23)19-22-14(18(28-19)20(25)26)12-27-16-9-5-4-7-13(16)21/h4-5,7,9,15H,2-3,6,8,10-12H2,1H3,(H,25,26)/t15-/m1/s1. The highest BCUT2D eigenvalue weighted by molar-refractivity contribution is 7.13. The van der Waals surface area contributed by atoms with Crippen molar-refractivity contribution < 1.29 is 19.4 Å². The molecule has 0 radical (unpaired) electrons. The van der Waals surface area contributed by atoms with E-state index in [1.807, 2.05) is 4.90 Å². The molecule has 3 rings (SSSR count). The topological polar surface area (TPSA) is 79.7 Å². The van der Waals surface area contributed by atoms with Crippen LogP contribution in [-0.4, -0.2) is 33.4 Å². The Labute approximate surface area is 173 Å². The van der Waals surface area contributed by atoms with Crippen LogP contribution in [-0.2, 0) is 11.4 Å². The van der Waals surface area contributed by atoms with E-state index in [0.29, 0.717) is 34.4 Å². The van der Waals surface area contributed by atoms with Gasteiger partial charge in [0.05, 0.1) is 11.1 Å². The van der Waals surface area contributed by atoms with Gasteiger partial charge in [0.2, 0.25) is 5.91 Å². The van der Waals surface area contributed by atoms with E-state index in [4.69, 9.17) is 16.3 Å². The second-order valence-corrected chi connectivity index (χ2v) is 8.14. The van der Waals surface area contributed by atoms with Gasteiger partial charge < -0.3 is 14.7 Å². The lowest BCUT2D eigenvalue weighted by atomic mass is 10.2. The summed E-state index contributed by atoms with van der Waals surface area (Å²) < 4.78 is 5.69. The molecule has 1 aromatic heterocycles. The van der Waals surface area contributed by atoms with E-state index >= 15 is 0 Å². The van der Waals surface area contributed by atoms with Gasteiger partial charge in [-0.1, -0.05) is 37.1 Å². The predicted octanol–water partition coefficient (Wildman–Crippen LogP) is 4.93. The highest BCUT2D eigenvalue weighted by Gasteiger charge is 2.33. The number of carboxylic acid groups (broad SMARTS) is 1. The van der Waals surface area contributed by atoms with E-state index in [-0.39, 0.29) is 23.4 Å². The Bertz CT molecular complexity index is 854. The van der Waals surface area contributed by atoms with Gasteiger partial charge in [-0.15, -0.1) is 11.3 Å². The quantitative estimate of drug-likeness (QED) is 0.652. The molecule has 1 atom stereocenters. The monoisotopic (exact) mass is 422 g/mol. The van der Waals surface area contributed by atoms with E-state index < -0.39 is 5.97 Å². The molecule has 1 aromatic carbocycles. The summed E-state index contributed by atoms with van der Waals surface area (Å²) in [4.78, 5) is 30.7. The molecule has 1 aliphatic rings. The summed E-state index contributed by atoms with van der Waals surface area (Å²) in [5, 5.41) is 10.7. The van der Waals surface area contributed by atoms with Crippen molar-refractivity contribution in [2.45, 2.75) is 51.7 Å². The fourth-order valence-electron chi connectivity index (χ4n) is 3.28. The minimum Gasteiger partial charge on any atom is -0.486 e. The molecule has 0 spiro atoms. The number of rotatable bonds is 8. The molecule has 0 aliphatic carbocycles. The molecule has 1 amide bonds. The van der Waals surface area contributed by atoms with Gasteiger partial charge in [0, 0.05) is 13.0 Å². The van der Waals surface area contributed by atoms with Gasteiger partial charge in [0.25, 0.3) is 0 Å². The Balaban J connectivity index is 1.79. The summed E-state index contributed by atoms with van der Waals surface area (Å²) >= 11 is 7.23. The average molecular weight is 423 g/mol. The molecule has 6 nitrogen and oxygen atoms in total. The van der Waals surface area contributed by atoms with Crippen LogP contribution in [0.4, 0.5) is 0 Å². The van der Waals surface area contributed by atoms with Gasteiger partial charge in [0.15, 0.2) is 0 Å². The maximum atomic E-state index is 12.5. The maximum Gasteiger partial charge on any atom is 0.347 e. The molecule has 1 fully saturated rings. The van der Waals surface area contributed by atoms with Crippen molar-refractivity contribution in [2.75, 3.05) is 6.54 Å². The number of nitrogens with zero attached hydrogens (tertiary/aromatic N) is 2. The van der Waals surface area contributed by atoms with Crippen molar-refractivity contribution in [1.29, 1.82) is 0 Å². The molecule has 28 heavy (non-hydrogen) atoms. The molecule has 2 aromatic rings. The lowest BCUT2D eigenvalue weighted by Gasteiger charge is -2.23. The molecule has 0 bridgehead atoms. The highest BCUT2D eigenvalue weighted by Crippen LogP contribution is 2.36. The second-order valence-electron chi connectivity index (χ2n) is 6.70. The number of likely N-dealkylation sites (tertiary alicyclic amines) is 1. The van der Waals surface area contributed by atoms with Gasteiger partial charge in [-0.3, -0.25) is 4.79 Å². The number of halogens is 1. The van der Waals surface area contributed by atoms with Gasteiger partial charge in [-0.25, -0.2) is 9.78 Å². The molecule has 2 heterocycles. The van der Waals surface area contributed by atoms with Crippen LogP contribution in [0.15, 0.2) is 24.3 Å². The highest BCUT2D eigenvalue weighted by atomic mass is 35.5. The third-order valence-corrected chi connectivity index (χ3v) is 6.21. The zero-order valence-electron chi connectivity index (χ0n) is 15.7. The average Bonchev–Trinajstić information content (AvgIpc) is 3.32. The molecule has 1 N–H and O–H groups in total. The number of hydrogen-bond donors (Lipinski definition) is 1. The van der Waals surface area contributed by atoms with E-state index in [0.717, 1.165) is 37.0 Å². The number of carbonyl (C=O) groups is 2. The Kier molecular flexibility index (Phi) is 6.91. The van der Waals surface area contributed by atoms with Crippen LogP contribution < -0.4 is 4.74 Å². The van der Waals surface area contributed by atoms with Crippen LogP contribution in [0.3, 0.4) is 0 Å². The van der Waals surface area contributed by atoms with E-state index in [2.05, 4.69) is 11.9 Å². The zero-order chi connectivity index (χ0) is 20.1. The van der Waals surface area contributed by atoms with Crippen molar-refractivity contribution in [1.82, 2.24) is 9.88 Å². The number of aromatic carboxylic acids is 1. The third kappa shape index (κ3) is 4.64. The van der Waals surface area contributed by atoms with Gasteiger partial charge in [-0.05, 0) is 31.4 Å². The normalized spacial score (nSPS) is 16.4. The first-order chi connectivity index (χ1) is 13.5. The molecule has 0 saturated carbocycles. The summed E-state index contributed by atoms with van der Waals surface area (Å²) in [5.41, 5.74) is 0.361. The Hall–Kier alpha value is -2.12. The fraction of sp³-hybridized carbons (Fsp3) is 0.450. The Morgan fingerprint density at radius 2 is 2.18 bits per heavy atom. The number of para-hydroxylation sites is 1. The van der Waals surface area contributed by atoms with Crippen molar-refractivity contribution in [3.8, 4) is 5.75 Å². The van der Waals surface area contributed by atoms with Crippen molar-refractivity contribution >= 4 is 34.8 Å². The van der Waals surface area contributed by atoms with Crippen LogP contribution in [0.1, 0.15) is 65.4 Å². The number of amides is 1. The first kappa shape index (κ1) is 20.6. The number of aromatic nitrogens is 1. The van der Waals surface area contributed by atoms with E-state index in [1.54, 1.807) is 24.3 Å². The first-order valence-corrected chi connectivity index (χ1v) is 10.6. The van der Waals surface area contributed by atoms with Crippen LogP contribution in [0.25, 0.3) is 0 Å². The van der Waals surface area contributed by atoms with E-state index in [1.165, 1.54) is 0 Å². The van der Waals surface area contributed by atoms with Crippen LogP contribution in [0, 0.1) is 0 Å². The molecule has 1 saturated heterocycles. The number of hydrogen-bond acceptors (Lipinski definition) is 5. The first-order valence-electron chi connectivity index (χ1n) is 9.41. The predicted molar refractivity (Wildman–Crippen MR) is 108 cm³/mol. The van der Waals surface area contributed by atoms with Crippen LogP contribution >= 0.6 is 22.9 Å². The molecular formula is C20H23ClN2O4S. The number of thiazole rings is 1. The lowest BCUT2D eigenvalue weighted by molar-refractivity contribution is -0.132. The summed E-state index contributed by atoms with van der Waals surface area (Å²) in [6, 6.07) is 6.87. The summed E-state index contributed by atoms with van der Waals surface area (Å²) in [6.07, 6.45) is 4.04. The number of carbonyl (C=O) groups excluding carboxylic acids is 1. The summed E-state index contributed by atoms with van der Waals surface area (Å²) in [5.74, 6) is -0.444. The summed E-state index contributed by atoms with van der Waals surface area (Å²) in [6.45, 7) is 2.76. The number of unbranched alkanes of at least 4 members (excludes halogenated alkanes) is 1. The van der Waals surface area contributed by atoms with Crippen LogP contribution in [0.5, 0.6) is 5.75 Å². The van der Waals surface area contributed by atoms with Gasteiger partial charge >= 0.3 is 5.97 Å². The van der Waals surface area contributed by atoms with Gasteiger partial charge in [-0.2, -0.15) is 0 Å². The lowest BCUT2D eigenvalue weighted by Crippen LogP contribution is -2.30. The zero-order valence-corrected chi connectivity index (χ0v) is 17.3. The van der Waals surface area contributed by atoms with Gasteiger partial charge in [0.1, 0.15) is 27.9 Å². The minimum atomic E-state index is -1.04. The maximum absolute atomic E-state index is 12.5. The van der Waals surface area contributed by atoms with Crippen molar-refractivity contribution in [3.63, 3.8) is 0 Å². The molecular weight excluding hydrogens is 400 g/mol. The number of ether oxygens (including phenoxy) is 1. The largest absolute Gasteiger partial charge is 0.486 e. The van der Waals surface area contributed by atoms with Crippen LogP contribution in [0.2, 0.25) is 5.02 Å². The third-order valence-electron chi connectivity index (χ3n) is 4.71. The SMILES string of the molecule is CCCCC(=O)N1CCC[C@@H]1c1nc(COc2ccccc2Cl)c(C(=O)O)s1. The Morgan fingerprint density at radius 3 is 2.89 bits per heavy atom. The number of benzene rings is 1. The summed E-state index contributed by atoms with van der Waals surface area (Å²) in [7, 11) is 0. The Morgan fingerprint density at radius 1 is 1.39 bits per heavy atom. The molecule has 150 valence electrons. The van der Waals surface area contributed by atoms with Crippen molar-refractivity contribution in [3.05, 3.63) is 44.9 Å².